The molecule has 176 valence electrons. The van der Waals surface area contributed by atoms with Gasteiger partial charge in [0, 0.05) is 25.6 Å². The Kier molecular flexibility index (Phi) is 5.20. The van der Waals surface area contributed by atoms with E-state index in [9.17, 15) is 9.18 Å². The summed E-state index contributed by atoms with van der Waals surface area (Å²) in [5, 5.41) is 0. The summed E-state index contributed by atoms with van der Waals surface area (Å²) in [4.78, 5) is 26.4. The molecule has 3 aromatic carbocycles. The smallest absolute Gasteiger partial charge is 0.257 e. The van der Waals surface area contributed by atoms with Gasteiger partial charge in [0.1, 0.15) is 17.2 Å². The van der Waals surface area contributed by atoms with Crippen molar-refractivity contribution in [1.29, 1.82) is 0 Å². The van der Waals surface area contributed by atoms with Crippen LogP contribution in [0.5, 0.6) is 0 Å². The third-order valence-electron chi connectivity index (χ3n) is 7.28. The standard InChI is InChI=1S/C28H24F2N4O/c1-17-10-11-20(18-6-3-2-4-7-18)25(26(17)30)28(35)34-15-19-12-13-33(16-23(19)34)24-14-31-22-9-5-8-21(29)27(22)32-24/h2-11,14,19,23H,12-13,15-16H2,1H3/t19-,23-/m1/s1. The van der Waals surface area contributed by atoms with Crippen molar-refractivity contribution < 1.29 is 13.6 Å². The van der Waals surface area contributed by atoms with Gasteiger partial charge in [-0.25, -0.2) is 13.8 Å². The highest BCUT2D eigenvalue weighted by atomic mass is 19.1. The highest BCUT2D eigenvalue weighted by Crippen LogP contribution is 2.37. The van der Waals surface area contributed by atoms with E-state index in [1.54, 1.807) is 36.2 Å². The Balaban J connectivity index is 1.30. The largest absolute Gasteiger partial charge is 0.353 e. The number of fused-ring (bicyclic) bond motifs is 2. The molecular weight excluding hydrogens is 446 g/mol. The van der Waals surface area contributed by atoms with Crippen molar-refractivity contribution in [2.75, 3.05) is 24.5 Å². The fraction of sp³-hybridized carbons (Fsp3) is 0.250. The Morgan fingerprint density at radius 3 is 2.66 bits per heavy atom. The predicted octanol–water partition coefficient (Wildman–Crippen LogP) is 5.23. The first kappa shape index (κ1) is 21.6. The zero-order valence-electron chi connectivity index (χ0n) is 19.3. The summed E-state index contributed by atoms with van der Waals surface area (Å²) < 4.78 is 29.6. The number of anilines is 1. The van der Waals surface area contributed by atoms with Crippen LogP contribution in [-0.2, 0) is 0 Å². The van der Waals surface area contributed by atoms with E-state index in [4.69, 9.17) is 0 Å². The molecule has 0 saturated carbocycles. The average Bonchev–Trinajstić information content (AvgIpc) is 2.87. The molecule has 5 nitrogen and oxygen atoms in total. The molecule has 2 saturated heterocycles. The first-order chi connectivity index (χ1) is 17.0. The first-order valence-corrected chi connectivity index (χ1v) is 11.8. The third kappa shape index (κ3) is 3.62. The van der Waals surface area contributed by atoms with E-state index in [0.29, 0.717) is 41.5 Å². The fourth-order valence-electron chi connectivity index (χ4n) is 5.27. The maximum Gasteiger partial charge on any atom is 0.257 e. The highest BCUT2D eigenvalue weighted by Gasteiger charge is 2.46. The van der Waals surface area contributed by atoms with Crippen LogP contribution < -0.4 is 4.90 Å². The van der Waals surface area contributed by atoms with Crippen LogP contribution in [0.15, 0.2) is 66.9 Å². The van der Waals surface area contributed by atoms with Gasteiger partial charge in [0.2, 0.25) is 0 Å². The summed E-state index contributed by atoms with van der Waals surface area (Å²) in [7, 11) is 0. The van der Waals surface area contributed by atoms with Gasteiger partial charge in [-0.15, -0.1) is 0 Å². The number of para-hydroxylation sites is 1. The minimum atomic E-state index is -0.469. The van der Waals surface area contributed by atoms with E-state index in [2.05, 4.69) is 9.97 Å². The maximum absolute atomic E-state index is 15.4. The van der Waals surface area contributed by atoms with Gasteiger partial charge in [-0.2, -0.15) is 0 Å². The number of hydrogen-bond acceptors (Lipinski definition) is 4. The number of carbonyl (C=O) groups is 1. The number of carbonyl (C=O) groups excluding carboxylic acids is 1. The fourth-order valence-corrected chi connectivity index (χ4v) is 5.27. The molecule has 0 aliphatic carbocycles. The molecule has 0 N–H and O–H groups in total. The highest BCUT2D eigenvalue weighted by molar-refractivity contribution is 6.02. The van der Waals surface area contributed by atoms with E-state index in [1.807, 2.05) is 41.3 Å². The molecule has 0 spiro atoms. The average molecular weight is 471 g/mol. The van der Waals surface area contributed by atoms with Gasteiger partial charge >= 0.3 is 0 Å². The number of piperidine rings is 1. The van der Waals surface area contributed by atoms with E-state index >= 15 is 4.39 Å². The lowest BCUT2D eigenvalue weighted by Gasteiger charge is -2.53. The molecule has 6 rings (SSSR count). The van der Waals surface area contributed by atoms with E-state index in [-0.39, 0.29) is 23.0 Å². The minimum Gasteiger partial charge on any atom is -0.353 e. The molecule has 0 radical (unpaired) electrons. The summed E-state index contributed by atoms with van der Waals surface area (Å²) in [6.45, 7) is 3.60. The molecule has 3 heterocycles. The van der Waals surface area contributed by atoms with Gasteiger partial charge < -0.3 is 9.80 Å². The predicted molar refractivity (Wildman–Crippen MR) is 131 cm³/mol. The van der Waals surface area contributed by atoms with Gasteiger partial charge in [0.15, 0.2) is 5.82 Å². The lowest BCUT2D eigenvalue weighted by atomic mass is 9.81. The number of likely N-dealkylation sites (tertiary alicyclic amines) is 1. The Bertz CT molecular complexity index is 1440. The number of benzene rings is 3. The molecule has 7 heteroatoms. The molecule has 2 fully saturated rings. The Hall–Kier alpha value is -3.87. The van der Waals surface area contributed by atoms with E-state index in [0.717, 1.165) is 18.5 Å². The van der Waals surface area contributed by atoms with Crippen molar-refractivity contribution in [3.05, 3.63) is 89.6 Å². The summed E-state index contributed by atoms with van der Waals surface area (Å²) in [5.74, 6) is -0.219. The lowest BCUT2D eigenvalue weighted by Crippen LogP contribution is -2.66. The van der Waals surface area contributed by atoms with Crippen LogP contribution in [0.2, 0.25) is 0 Å². The number of aryl methyl sites for hydroxylation is 1. The van der Waals surface area contributed by atoms with Crippen molar-refractivity contribution in [2.45, 2.75) is 19.4 Å². The van der Waals surface area contributed by atoms with Crippen LogP contribution in [0, 0.1) is 24.5 Å². The van der Waals surface area contributed by atoms with Crippen molar-refractivity contribution >= 4 is 22.8 Å². The topological polar surface area (TPSA) is 49.3 Å². The summed E-state index contributed by atoms with van der Waals surface area (Å²) >= 11 is 0. The summed E-state index contributed by atoms with van der Waals surface area (Å²) in [6, 6.07) is 17.6. The second-order valence-electron chi connectivity index (χ2n) is 9.34. The van der Waals surface area contributed by atoms with Gasteiger partial charge in [0.25, 0.3) is 5.91 Å². The van der Waals surface area contributed by atoms with Crippen LogP contribution in [0.25, 0.3) is 22.2 Å². The van der Waals surface area contributed by atoms with Crippen molar-refractivity contribution in [2.24, 2.45) is 5.92 Å². The number of hydrogen-bond donors (Lipinski definition) is 0. The Labute approximate surface area is 202 Å². The normalized spacial score (nSPS) is 19.4. The van der Waals surface area contributed by atoms with E-state index in [1.165, 1.54) is 6.07 Å². The van der Waals surface area contributed by atoms with Crippen molar-refractivity contribution in [1.82, 2.24) is 14.9 Å². The molecule has 2 atom stereocenters. The minimum absolute atomic E-state index is 0.0575. The van der Waals surface area contributed by atoms with Crippen LogP contribution in [0.3, 0.4) is 0 Å². The number of aromatic nitrogens is 2. The van der Waals surface area contributed by atoms with Crippen molar-refractivity contribution in [3.8, 4) is 11.1 Å². The third-order valence-corrected chi connectivity index (χ3v) is 7.28. The lowest BCUT2D eigenvalue weighted by molar-refractivity contribution is 0.00749. The van der Waals surface area contributed by atoms with Crippen molar-refractivity contribution in [3.63, 3.8) is 0 Å². The van der Waals surface area contributed by atoms with Crippen LogP contribution in [0.1, 0.15) is 22.3 Å². The summed E-state index contributed by atoms with van der Waals surface area (Å²) in [6.07, 6.45) is 2.54. The second kappa shape index (κ2) is 8.41. The monoisotopic (exact) mass is 470 g/mol. The molecule has 35 heavy (non-hydrogen) atoms. The number of halogens is 2. The number of amides is 1. The summed E-state index contributed by atoms with van der Waals surface area (Å²) in [5.41, 5.74) is 2.73. The number of rotatable bonds is 3. The molecule has 4 aromatic rings. The second-order valence-corrected chi connectivity index (χ2v) is 9.34. The van der Waals surface area contributed by atoms with E-state index < -0.39 is 11.6 Å². The Morgan fingerprint density at radius 2 is 1.83 bits per heavy atom. The molecule has 2 aliphatic heterocycles. The van der Waals surface area contributed by atoms with Crippen LogP contribution in [0.4, 0.5) is 14.6 Å². The van der Waals surface area contributed by atoms with Gasteiger partial charge in [-0.1, -0.05) is 48.5 Å². The first-order valence-electron chi connectivity index (χ1n) is 11.8. The zero-order valence-corrected chi connectivity index (χ0v) is 19.3. The number of nitrogens with zero attached hydrogens (tertiary/aromatic N) is 4. The molecule has 2 aliphatic rings. The van der Waals surface area contributed by atoms with Crippen LogP contribution >= 0.6 is 0 Å². The molecule has 0 bridgehead atoms. The van der Waals surface area contributed by atoms with Gasteiger partial charge in [0.05, 0.1) is 23.3 Å². The van der Waals surface area contributed by atoms with Gasteiger partial charge in [-0.05, 0) is 42.2 Å². The quantitative estimate of drug-likeness (QED) is 0.411. The zero-order chi connectivity index (χ0) is 24.1. The maximum atomic E-state index is 15.4. The van der Waals surface area contributed by atoms with Crippen LogP contribution in [-0.4, -0.2) is 46.5 Å². The van der Waals surface area contributed by atoms with Gasteiger partial charge in [-0.3, -0.25) is 9.78 Å². The molecule has 1 amide bonds. The molecular formula is C28H24F2N4O. The Morgan fingerprint density at radius 1 is 1.00 bits per heavy atom. The molecule has 1 aromatic heterocycles. The SMILES string of the molecule is Cc1ccc(-c2ccccc2)c(C(=O)N2C[C@H]3CCN(c4cnc5cccc(F)c5n4)C[C@H]32)c1F. The molecule has 0 unspecified atom stereocenters.